The zero-order valence-corrected chi connectivity index (χ0v) is 8.86. The number of fused-ring (bicyclic) bond motifs is 1. The van der Waals surface area contributed by atoms with Crippen molar-refractivity contribution < 1.29 is 14.3 Å². The van der Waals surface area contributed by atoms with E-state index in [4.69, 9.17) is 4.74 Å². The van der Waals surface area contributed by atoms with Crippen LogP contribution in [0.2, 0.25) is 0 Å². The summed E-state index contributed by atoms with van der Waals surface area (Å²) in [6.07, 6.45) is 1.51. The SMILES string of the molecule is COC(=O)[C@@H]1CC[C@H]2C(=O)NCCN2C1. The molecule has 2 fully saturated rings. The van der Waals surface area contributed by atoms with Gasteiger partial charge in [0.25, 0.3) is 0 Å². The lowest BCUT2D eigenvalue weighted by Crippen LogP contribution is -2.59. The van der Waals surface area contributed by atoms with Crippen LogP contribution in [0.5, 0.6) is 0 Å². The van der Waals surface area contributed by atoms with Crippen molar-refractivity contribution in [2.45, 2.75) is 18.9 Å². The molecule has 2 aliphatic heterocycles. The first-order chi connectivity index (χ1) is 7.22. The molecule has 0 radical (unpaired) electrons. The van der Waals surface area contributed by atoms with Crippen molar-refractivity contribution >= 4 is 11.9 Å². The summed E-state index contributed by atoms with van der Waals surface area (Å²) in [7, 11) is 1.41. The highest BCUT2D eigenvalue weighted by molar-refractivity contribution is 5.83. The fourth-order valence-corrected chi connectivity index (χ4v) is 2.39. The van der Waals surface area contributed by atoms with Crippen LogP contribution in [0.1, 0.15) is 12.8 Å². The lowest BCUT2D eigenvalue weighted by Gasteiger charge is -2.40. The Morgan fingerprint density at radius 3 is 3.07 bits per heavy atom. The number of esters is 1. The van der Waals surface area contributed by atoms with Crippen molar-refractivity contribution in [3.8, 4) is 0 Å². The van der Waals surface area contributed by atoms with E-state index in [0.717, 1.165) is 19.4 Å². The van der Waals surface area contributed by atoms with Crippen LogP contribution in [0, 0.1) is 5.92 Å². The monoisotopic (exact) mass is 212 g/mol. The molecule has 15 heavy (non-hydrogen) atoms. The normalized spacial score (nSPS) is 31.7. The van der Waals surface area contributed by atoms with Crippen LogP contribution in [-0.4, -0.2) is 49.6 Å². The summed E-state index contributed by atoms with van der Waals surface area (Å²) in [6, 6.07) is -0.0281. The number of piperazine rings is 1. The number of ether oxygens (including phenoxy) is 1. The maximum absolute atomic E-state index is 11.5. The van der Waals surface area contributed by atoms with Crippen molar-refractivity contribution in [3.63, 3.8) is 0 Å². The lowest BCUT2D eigenvalue weighted by molar-refractivity contribution is -0.150. The zero-order chi connectivity index (χ0) is 10.8. The Balaban J connectivity index is 1.99. The minimum atomic E-state index is -0.153. The minimum absolute atomic E-state index is 0.0281. The highest BCUT2D eigenvalue weighted by atomic mass is 16.5. The standard InChI is InChI=1S/C10H16N2O3/c1-15-10(14)7-2-3-8-9(13)11-4-5-12(8)6-7/h7-8H,2-6H2,1H3,(H,11,13)/t7-,8+/m1/s1. The highest BCUT2D eigenvalue weighted by Gasteiger charge is 2.37. The molecule has 84 valence electrons. The Bertz CT molecular complexity index is 280. The Morgan fingerprint density at radius 2 is 2.33 bits per heavy atom. The molecular weight excluding hydrogens is 196 g/mol. The van der Waals surface area contributed by atoms with Crippen LogP contribution < -0.4 is 5.32 Å². The molecule has 2 heterocycles. The first-order valence-electron chi connectivity index (χ1n) is 5.32. The van der Waals surface area contributed by atoms with Crippen molar-refractivity contribution in [1.29, 1.82) is 0 Å². The van der Waals surface area contributed by atoms with Gasteiger partial charge in [-0.2, -0.15) is 0 Å². The topological polar surface area (TPSA) is 58.6 Å². The summed E-state index contributed by atoms with van der Waals surface area (Å²) in [5.74, 6) is -0.110. The molecule has 5 heteroatoms. The van der Waals surface area contributed by atoms with Crippen molar-refractivity contribution in [1.82, 2.24) is 10.2 Å². The molecule has 5 nitrogen and oxygen atoms in total. The summed E-state index contributed by atoms with van der Waals surface area (Å²) in [4.78, 5) is 25.0. The highest BCUT2D eigenvalue weighted by Crippen LogP contribution is 2.24. The Hall–Kier alpha value is -1.10. The second-order valence-corrected chi connectivity index (χ2v) is 4.10. The molecule has 0 aromatic rings. The molecule has 2 atom stereocenters. The van der Waals surface area contributed by atoms with Gasteiger partial charge in [-0.1, -0.05) is 0 Å². The fraction of sp³-hybridized carbons (Fsp3) is 0.800. The maximum atomic E-state index is 11.5. The van der Waals surface area contributed by atoms with Crippen LogP contribution in [-0.2, 0) is 14.3 Å². The van der Waals surface area contributed by atoms with E-state index in [1.165, 1.54) is 7.11 Å². The van der Waals surface area contributed by atoms with Gasteiger partial charge in [0.05, 0.1) is 19.1 Å². The van der Waals surface area contributed by atoms with Crippen LogP contribution in [0.4, 0.5) is 0 Å². The molecule has 2 aliphatic rings. The number of piperidine rings is 1. The lowest BCUT2D eigenvalue weighted by atomic mass is 9.91. The first-order valence-corrected chi connectivity index (χ1v) is 5.32. The average Bonchev–Trinajstić information content (AvgIpc) is 2.28. The number of hydrogen-bond donors (Lipinski definition) is 1. The van der Waals surface area contributed by atoms with E-state index < -0.39 is 0 Å². The Kier molecular flexibility index (Phi) is 2.90. The Labute approximate surface area is 88.8 Å². The Morgan fingerprint density at radius 1 is 1.53 bits per heavy atom. The number of amides is 1. The molecule has 0 aliphatic carbocycles. The van der Waals surface area contributed by atoms with E-state index >= 15 is 0 Å². The maximum Gasteiger partial charge on any atom is 0.309 e. The number of nitrogens with zero attached hydrogens (tertiary/aromatic N) is 1. The predicted octanol–water partition coefficient (Wildman–Crippen LogP) is -0.630. The van der Waals surface area contributed by atoms with Gasteiger partial charge < -0.3 is 10.1 Å². The predicted molar refractivity (Wildman–Crippen MR) is 53.1 cm³/mol. The van der Waals surface area contributed by atoms with Crippen molar-refractivity contribution in [2.75, 3.05) is 26.7 Å². The van der Waals surface area contributed by atoms with Gasteiger partial charge in [0, 0.05) is 19.6 Å². The van der Waals surface area contributed by atoms with Crippen LogP contribution in [0.3, 0.4) is 0 Å². The minimum Gasteiger partial charge on any atom is -0.469 e. The van der Waals surface area contributed by atoms with Crippen LogP contribution in [0.25, 0.3) is 0 Å². The third kappa shape index (κ3) is 1.97. The first kappa shape index (κ1) is 10.4. The van der Waals surface area contributed by atoms with Gasteiger partial charge in [0.2, 0.25) is 5.91 Å². The number of methoxy groups -OCH3 is 1. The van der Waals surface area contributed by atoms with Crippen LogP contribution >= 0.6 is 0 Å². The van der Waals surface area contributed by atoms with E-state index in [-0.39, 0.29) is 23.8 Å². The molecular formula is C10H16N2O3. The van der Waals surface area contributed by atoms with Gasteiger partial charge >= 0.3 is 5.97 Å². The van der Waals surface area contributed by atoms with Crippen molar-refractivity contribution in [3.05, 3.63) is 0 Å². The van der Waals surface area contributed by atoms with Gasteiger partial charge in [-0.15, -0.1) is 0 Å². The quantitative estimate of drug-likeness (QED) is 0.588. The zero-order valence-electron chi connectivity index (χ0n) is 8.86. The van der Waals surface area contributed by atoms with E-state index in [2.05, 4.69) is 10.2 Å². The van der Waals surface area contributed by atoms with Gasteiger partial charge in [-0.3, -0.25) is 14.5 Å². The summed E-state index contributed by atoms with van der Waals surface area (Å²) < 4.78 is 4.73. The molecule has 0 unspecified atom stereocenters. The van der Waals surface area contributed by atoms with Gasteiger partial charge in [0.15, 0.2) is 0 Å². The number of rotatable bonds is 1. The molecule has 2 rings (SSSR count). The molecule has 0 saturated carbocycles. The summed E-state index contributed by atoms with van der Waals surface area (Å²) in [5.41, 5.74) is 0. The molecule has 1 N–H and O–H groups in total. The second kappa shape index (κ2) is 4.18. The summed E-state index contributed by atoms with van der Waals surface area (Å²) >= 11 is 0. The van der Waals surface area contributed by atoms with Crippen molar-refractivity contribution in [2.24, 2.45) is 5.92 Å². The fourth-order valence-electron chi connectivity index (χ4n) is 2.39. The molecule has 2 saturated heterocycles. The van der Waals surface area contributed by atoms with Gasteiger partial charge in [0.1, 0.15) is 0 Å². The number of carbonyl (C=O) groups excluding carboxylic acids is 2. The summed E-state index contributed by atoms with van der Waals surface area (Å²) in [5, 5.41) is 2.84. The summed E-state index contributed by atoms with van der Waals surface area (Å²) in [6.45, 7) is 2.18. The third-order valence-electron chi connectivity index (χ3n) is 3.22. The van der Waals surface area contributed by atoms with E-state index in [0.29, 0.717) is 13.1 Å². The average molecular weight is 212 g/mol. The van der Waals surface area contributed by atoms with Gasteiger partial charge in [-0.05, 0) is 12.8 Å². The van der Waals surface area contributed by atoms with Crippen LogP contribution in [0.15, 0.2) is 0 Å². The number of carbonyl (C=O) groups is 2. The van der Waals surface area contributed by atoms with E-state index in [9.17, 15) is 9.59 Å². The second-order valence-electron chi connectivity index (χ2n) is 4.10. The largest absolute Gasteiger partial charge is 0.469 e. The molecule has 0 aromatic heterocycles. The third-order valence-corrected chi connectivity index (χ3v) is 3.22. The van der Waals surface area contributed by atoms with E-state index in [1.807, 2.05) is 0 Å². The molecule has 0 bridgehead atoms. The number of nitrogens with one attached hydrogen (secondary N) is 1. The smallest absolute Gasteiger partial charge is 0.309 e. The van der Waals surface area contributed by atoms with Gasteiger partial charge in [-0.25, -0.2) is 0 Å². The molecule has 1 amide bonds. The van der Waals surface area contributed by atoms with E-state index in [1.54, 1.807) is 0 Å². The molecule has 0 spiro atoms. The number of hydrogen-bond acceptors (Lipinski definition) is 4. The molecule has 0 aromatic carbocycles.